The van der Waals surface area contributed by atoms with Crippen LogP contribution in [0.1, 0.15) is 19.4 Å². The van der Waals surface area contributed by atoms with Crippen molar-refractivity contribution in [3.63, 3.8) is 0 Å². The normalized spacial score (nSPS) is 10.9. The van der Waals surface area contributed by atoms with Crippen molar-refractivity contribution >= 4 is 33.9 Å². The monoisotopic (exact) mass is 498 g/mol. The van der Waals surface area contributed by atoms with Gasteiger partial charge in [0.1, 0.15) is 5.75 Å². The van der Waals surface area contributed by atoms with Crippen molar-refractivity contribution in [2.24, 2.45) is 0 Å². The van der Waals surface area contributed by atoms with E-state index >= 15 is 0 Å². The summed E-state index contributed by atoms with van der Waals surface area (Å²) in [5, 5.41) is 4.67. The van der Waals surface area contributed by atoms with E-state index in [1.54, 1.807) is 27.4 Å². The molecule has 8 nitrogen and oxygen atoms in total. The topological polar surface area (TPSA) is 79.1 Å². The molecule has 0 aliphatic carbocycles. The van der Waals surface area contributed by atoms with E-state index in [4.69, 9.17) is 26.4 Å². The Morgan fingerprint density at radius 2 is 1.60 bits per heavy atom. The molecule has 2 N–H and O–H groups in total. The number of hydrogen-bond acceptors (Lipinski definition) is 6. The molecule has 2 aromatic carbocycles. The standard InChI is InChI=1S/C26H34N4O4S/c1-6-29(7-2)12-13-30(26(35)28-20-10-8-9-11-22(20)32-3)17-19-14-18-15-23(33-4)24(34-5)16-21(18)27-25(19)31/h8-11,14-16H,6-7,12-13,17H2,1-5H3,(H,27,31)(H,28,35). The minimum Gasteiger partial charge on any atom is -0.495 e. The van der Waals surface area contributed by atoms with Crippen molar-refractivity contribution in [1.29, 1.82) is 0 Å². The zero-order chi connectivity index (χ0) is 25.4. The molecule has 0 aliphatic heterocycles. The fourth-order valence-corrected chi connectivity index (χ4v) is 4.16. The van der Waals surface area contributed by atoms with Crippen LogP contribution in [0.5, 0.6) is 17.2 Å². The van der Waals surface area contributed by atoms with Gasteiger partial charge in [-0.2, -0.15) is 0 Å². The van der Waals surface area contributed by atoms with Crippen LogP contribution in [0, 0.1) is 0 Å². The lowest BCUT2D eigenvalue weighted by Gasteiger charge is -2.29. The number of nitrogens with one attached hydrogen (secondary N) is 2. The van der Waals surface area contributed by atoms with Crippen LogP contribution in [0.2, 0.25) is 0 Å². The second-order valence-corrected chi connectivity index (χ2v) is 8.38. The highest BCUT2D eigenvalue weighted by Gasteiger charge is 2.17. The molecular weight excluding hydrogens is 464 g/mol. The molecule has 0 unspecified atom stereocenters. The number of nitrogens with zero attached hydrogens (tertiary/aromatic N) is 2. The smallest absolute Gasteiger partial charge is 0.253 e. The van der Waals surface area contributed by atoms with Crippen molar-refractivity contribution in [3.05, 3.63) is 58.4 Å². The fraction of sp³-hybridized carbons (Fsp3) is 0.385. The summed E-state index contributed by atoms with van der Waals surface area (Å²) >= 11 is 5.79. The maximum atomic E-state index is 13.0. The zero-order valence-corrected chi connectivity index (χ0v) is 21.8. The van der Waals surface area contributed by atoms with Gasteiger partial charge in [-0.25, -0.2) is 0 Å². The van der Waals surface area contributed by atoms with Gasteiger partial charge in [0.25, 0.3) is 5.56 Å². The number of thiocarbonyl (C=S) groups is 1. The molecular formula is C26H34N4O4S. The molecule has 35 heavy (non-hydrogen) atoms. The van der Waals surface area contributed by atoms with E-state index in [1.165, 1.54) is 0 Å². The predicted octanol–water partition coefficient (Wildman–Crippen LogP) is 4.09. The Morgan fingerprint density at radius 1 is 0.943 bits per heavy atom. The number of aromatic amines is 1. The number of para-hydroxylation sites is 2. The maximum Gasteiger partial charge on any atom is 0.253 e. The zero-order valence-electron chi connectivity index (χ0n) is 21.0. The summed E-state index contributed by atoms with van der Waals surface area (Å²) in [4.78, 5) is 20.3. The number of benzene rings is 2. The highest BCUT2D eigenvalue weighted by atomic mass is 32.1. The first-order chi connectivity index (χ1) is 16.9. The van der Waals surface area contributed by atoms with Crippen molar-refractivity contribution in [2.75, 3.05) is 52.8 Å². The van der Waals surface area contributed by atoms with E-state index in [0.29, 0.717) is 46.5 Å². The largest absolute Gasteiger partial charge is 0.495 e. The summed E-state index contributed by atoms with van der Waals surface area (Å²) in [6.07, 6.45) is 0. The van der Waals surface area contributed by atoms with E-state index in [-0.39, 0.29) is 5.56 Å². The minimum absolute atomic E-state index is 0.169. The summed E-state index contributed by atoms with van der Waals surface area (Å²) in [6, 6.07) is 13.1. The molecule has 188 valence electrons. The molecule has 0 atom stereocenters. The molecule has 0 spiro atoms. The number of anilines is 1. The minimum atomic E-state index is -0.169. The molecule has 3 aromatic rings. The molecule has 0 aliphatic rings. The van der Waals surface area contributed by atoms with Gasteiger partial charge in [0.05, 0.1) is 39.1 Å². The molecule has 3 rings (SSSR count). The van der Waals surface area contributed by atoms with Gasteiger partial charge in [-0.05, 0) is 49.6 Å². The number of pyridine rings is 1. The average molecular weight is 499 g/mol. The Morgan fingerprint density at radius 3 is 2.26 bits per heavy atom. The Hall–Kier alpha value is -3.30. The molecule has 1 aromatic heterocycles. The van der Waals surface area contributed by atoms with E-state index in [1.807, 2.05) is 41.3 Å². The van der Waals surface area contributed by atoms with Crippen LogP contribution in [-0.2, 0) is 6.54 Å². The van der Waals surface area contributed by atoms with Gasteiger partial charge < -0.3 is 34.3 Å². The number of H-pyrrole nitrogens is 1. The second-order valence-electron chi connectivity index (χ2n) is 8.00. The summed E-state index contributed by atoms with van der Waals surface area (Å²) < 4.78 is 16.3. The quantitative estimate of drug-likeness (QED) is 0.383. The number of rotatable bonds is 11. The summed E-state index contributed by atoms with van der Waals surface area (Å²) in [6.45, 7) is 7.97. The molecule has 1 heterocycles. The van der Waals surface area contributed by atoms with E-state index in [9.17, 15) is 4.79 Å². The van der Waals surface area contributed by atoms with E-state index in [0.717, 1.165) is 30.7 Å². The number of methoxy groups -OCH3 is 3. The molecule has 0 radical (unpaired) electrons. The van der Waals surface area contributed by atoms with Crippen LogP contribution >= 0.6 is 12.2 Å². The fourth-order valence-electron chi connectivity index (χ4n) is 3.90. The lowest BCUT2D eigenvalue weighted by atomic mass is 10.1. The third-order valence-corrected chi connectivity index (χ3v) is 6.36. The van der Waals surface area contributed by atoms with Gasteiger partial charge in [0.15, 0.2) is 16.6 Å². The Labute approximate surface area is 211 Å². The average Bonchev–Trinajstić information content (AvgIpc) is 2.88. The van der Waals surface area contributed by atoms with Gasteiger partial charge >= 0.3 is 0 Å². The van der Waals surface area contributed by atoms with Crippen LogP contribution in [0.15, 0.2) is 47.3 Å². The molecule has 0 amide bonds. The van der Waals surface area contributed by atoms with Crippen LogP contribution in [0.25, 0.3) is 10.9 Å². The molecule has 0 saturated carbocycles. The van der Waals surface area contributed by atoms with Crippen molar-refractivity contribution < 1.29 is 14.2 Å². The van der Waals surface area contributed by atoms with Gasteiger partial charge in [0.2, 0.25) is 0 Å². The molecule has 0 fully saturated rings. The molecule has 0 saturated heterocycles. The first-order valence-corrected chi connectivity index (χ1v) is 12.0. The second kappa shape index (κ2) is 12.4. The van der Waals surface area contributed by atoms with Crippen LogP contribution in [0.3, 0.4) is 0 Å². The van der Waals surface area contributed by atoms with Gasteiger partial charge in [-0.1, -0.05) is 26.0 Å². The summed E-state index contributed by atoms with van der Waals surface area (Å²) in [5.41, 5.74) is 1.89. The number of hydrogen-bond donors (Lipinski definition) is 2. The summed E-state index contributed by atoms with van der Waals surface area (Å²) in [7, 11) is 4.78. The summed E-state index contributed by atoms with van der Waals surface area (Å²) in [5.74, 6) is 1.86. The van der Waals surface area contributed by atoms with Crippen LogP contribution in [-0.4, -0.2) is 67.4 Å². The lowest BCUT2D eigenvalue weighted by Crippen LogP contribution is -2.41. The van der Waals surface area contributed by atoms with Crippen molar-refractivity contribution in [3.8, 4) is 17.2 Å². The highest BCUT2D eigenvalue weighted by Crippen LogP contribution is 2.31. The van der Waals surface area contributed by atoms with E-state index in [2.05, 4.69) is 29.0 Å². The molecule has 9 heteroatoms. The predicted molar refractivity (Wildman–Crippen MR) is 145 cm³/mol. The number of ether oxygens (including phenoxy) is 3. The maximum absolute atomic E-state index is 13.0. The first-order valence-electron chi connectivity index (χ1n) is 11.6. The van der Waals surface area contributed by atoms with E-state index < -0.39 is 0 Å². The van der Waals surface area contributed by atoms with Gasteiger partial charge in [-0.3, -0.25) is 4.79 Å². The van der Waals surface area contributed by atoms with Gasteiger partial charge in [0, 0.05) is 30.1 Å². The first kappa shape index (κ1) is 26.3. The van der Waals surface area contributed by atoms with Gasteiger partial charge in [-0.15, -0.1) is 0 Å². The highest BCUT2D eigenvalue weighted by molar-refractivity contribution is 7.80. The Kier molecular flexibility index (Phi) is 9.33. The number of likely N-dealkylation sites (N-methyl/N-ethyl adjacent to an activating group) is 1. The lowest BCUT2D eigenvalue weighted by molar-refractivity contribution is 0.266. The Bertz CT molecular complexity index is 1210. The third kappa shape index (κ3) is 6.43. The van der Waals surface area contributed by atoms with Crippen molar-refractivity contribution in [2.45, 2.75) is 20.4 Å². The van der Waals surface area contributed by atoms with Crippen molar-refractivity contribution in [1.82, 2.24) is 14.8 Å². The number of fused-ring (bicyclic) bond motifs is 1. The van der Waals surface area contributed by atoms with Crippen LogP contribution < -0.4 is 25.1 Å². The van der Waals surface area contributed by atoms with Crippen LogP contribution in [0.4, 0.5) is 5.69 Å². The third-order valence-electron chi connectivity index (χ3n) is 6.00. The Balaban J connectivity index is 1.93. The number of aromatic nitrogens is 1. The molecule has 0 bridgehead atoms. The SMILES string of the molecule is CCN(CC)CCN(Cc1cc2cc(OC)c(OC)cc2[nH]c1=O)C(=S)Nc1ccccc1OC.